The molecule has 1 aliphatic carbocycles. The molecule has 60 valence electrons. The summed E-state index contributed by atoms with van der Waals surface area (Å²) in [7, 11) is 0. The molecule has 1 nitrogen and oxygen atoms in total. The minimum absolute atomic E-state index is 1.03. The van der Waals surface area contributed by atoms with E-state index in [9.17, 15) is 0 Å². The molecule has 11 heavy (non-hydrogen) atoms. The van der Waals surface area contributed by atoms with Crippen LogP contribution >= 0.6 is 11.3 Å². The van der Waals surface area contributed by atoms with Crippen molar-refractivity contribution in [3.8, 4) is 0 Å². The van der Waals surface area contributed by atoms with Crippen LogP contribution in [-0.4, -0.2) is 0 Å². The lowest BCUT2D eigenvalue weighted by atomic mass is 10.1. The highest BCUT2D eigenvalue weighted by Crippen LogP contribution is 2.30. The molecule has 0 aromatic carbocycles. The van der Waals surface area contributed by atoms with Gasteiger partial charge in [0.2, 0.25) is 0 Å². The van der Waals surface area contributed by atoms with Crippen LogP contribution in [0.25, 0.3) is 0 Å². The van der Waals surface area contributed by atoms with E-state index >= 15 is 0 Å². The van der Waals surface area contributed by atoms with E-state index in [0.717, 1.165) is 5.69 Å². The number of fused-ring (bicyclic) bond motifs is 1. The molecule has 0 aliphatic heterocycles. The second-order valence-electron chi connectivity index (χ2n) is 3.15. The number of thiophene rings is 1. The van der Waals surface area contributed by atoms with Crippen molar-refractivity contribution in [2.75, 3.05) is 5.73 Å². The Morgan fingerprint density at radius 2 is 2.00 bits per heavy atom. The Hall–Kier alpha value is -0.500. The molecule has 0 radical (unpaired) electrons. The lowest BCUT2D eigenvalue weighted by Gasteiger charge is -1.97. The van der Waals surface area contributed by atoms with E-state index in [1.807, 2.05) is 11.3 Å². The van der Waals surface area contributed by atoms with Crippen LogP contribution in [0.3, 0.4) is 0 Å². The van der Waals surface area contributed by atoms with E-state index < -0.39 is 0 Å². The second kappa shape index (κ2) is 2.86. The Kier molecular flexibility index (Phi) is 1.86. The molecule has 0 saturated heterocycles. The van der Waals surface area contributed by atoms with Crippen LogP contribution in [0.4, 0.5) is 5.69 Å². The summed E-state index contributed by atoms with van der Waals surface area (Å²) in [6.45, 7) is 0. The Morgan fingerprint density at radius 1 is 1.18 bits per heavy atom. The third-order valence-electron chi connectivity index (χ3n) is 2.34. The zero-order chi connectivity index (χ0) is 7.68. The number of hydrogen-bond acceptors (Lipinski definition) is 2. The largest absolute Gasteiger partial charge is 0.398 e. The Labute approximate surface area is 71.2 Å². The molecule has 0 saturated carbocycles. The number of hydrogen-bond donors (Lipinski definition) is 1. The Balaban J connectivity index is 2.35. The minimum atomic E-state index is 1.03. The maximum atomic E-state index is 5.84. The van der Waals surface area contributed by atoms with Crippen LogP contribution in [0.5, 0.6) is 0 Å². The predicted molar refractivity (Wildman–Crippen MR) is 50.0 cm³/mol. The molecule has 2 heteroatoms. The summed E-state index contributed by atoms with van der Waals surface area (Å²) >= 11 is 1.84. The van der Waals surface area contributed by atoms with Gasteiger partial charge in [0, 0.05) is 15.9 Å². The first kappa shape index (κ1) is 7.17. The normalized spacial score (nSPS) is 17.5. The van der Waals surface area contributed by atoms with Crippen LogP contribution in [0.15, 0.2) is 5.38 Å². The van der Waals surface area contributed by atoms with Gasteiger partial charge < -0.3 is 5.73 Å². The molecule has 2 rings (SSSR count). The van der Waals surface area contributed by atoms with Crippen LogP contribution in [0.2, 0.25) is 0 Å². The average molecular weight is 167 g/mol. The molecule has 1 aliphatic rings. The van der Waals surface area contributed by atoms with E-state index in [-0.39, 0.29) is 0 Å². The molecule has 0 bridgehead atoms. The lowest BCUT2D eigenvalue weighted by molar-refractivity contribution is 0.713. The zero-order valence-corrected chi connectivity index (χ0v) is 7.41. The van der Waals surface area contributed by atoms with Crippen LogP contribution in [0.1, 0.15) is 29.7 Å². The van der Waals surface area contributed by atoms with E-state index in [1.54, 1.807) is 4.88 Å². The van der Waals surface area contributed by atoms with Crippen molar-refractivity contribution in [3.63, 3.8) is 0 Å². The number of rotatable bonds is 0. The fraction of sp³-hybridized carbons (Fsp3) is 0.556. The average Bonchev–Trinajstić information content (AvgIpc) is 2.25. The first-order chi connectivity index (χ1) is 5.38. The van der Waals surface area contributed by atoms with Crippen molar-refractivity contribution in [1.29, 1.82) is 0 Å². The monoisotopic (exact) mass is 167 g/mol. The first-order valence-electron chi connectivity index (χ1n) is 4.22. The maximum absolute atomic E-state index is 5.84. The number of anilines is 1. The van der Waals surface area contributed by atoms with Gasteiger partial charge in [-0.25, -0.2) is 0 Å². The molecule has 0 spiro atoms. The van der Waals surface area contributed by atoms with Gasteiger partial charge in [0.1, 0.15) is 0 Å². The van der Waals surface area contributed by atoms with Crippen molar-refractivity contribution < 1.29 is 0 Å². The van der Waals surface area contributed by atoms with Gasteiger partial charge in [0.15, 0.2) is 0 Å². The lowest BCUT2D eigenvalue weighted by Crippen LogP contribution is -1.90. The van der Waals surface area contributed by atoms with Gasteiger partial charge in [-0.15, -0.1) is 11.3 Å². The summed E-state index contributed by atoms with van der Waals surface area (Å²) in [4.78, 5) is 1.54. The van der Waals surface area contributed by atoms with Gasteiger partial charge in [0.25, 0.3) is 0 Å². The molecule has 1 aromatic heterocycles. The Morgan fingerprint density at radius 3 is 2.91 bits per heavy atom. The second-order valence-corrected chi connectivity index (χ2v) is 4.12. The molecule has 2 N–H and O–H groups in total. The van der Waals surface area contributed by atoms with Gasteiger partial charge in [-0.2, -0.15) is 0 Å². The SMILES string of the molecule is Nc1csc2c1CCCCC2. The molecular formula is C9H13NS. The smallest absolute Gasteiger partial charge is 0.0458 e. The fourth-order valence-electron chi connectivity index (χ4n) is 1.70. The highest BCUT2D eigenvalue weighted by Gasteiger charge is 2.11. The number of nitrogens with two attached hydrogens (primary N) is 1. The van der Waals surface area contributed by atoms with Gasteiger partial charge in [-0.3, -0.25) is 0 Å². The van der Waals surface area contributed by atoms with Gasteiger partial charge in [-0.1, -0.05) is 6.42 Å². The standard InChI is InChI=1S/C9H13NS/c10-8-6-11-9-5-3-1-2-4-7(8)9/h6H,1-5,10H2. The number of nitrogen functional groups attached to an aromatic ring is 1. The summed E-state index contributed by atoms with van der Waals surface area (Å²) in [6.07, 6.45) is 6.53. The van der Waals surface area contributed by atoms with Gasteiger partial charge >= 0.3 is 0 Å². The minimum Gasteiger partial charge on any atom is -0.398 e. The maximum Gasteiger partial charge on any atom is 0.0458 e. The first-order valence-corrected chi connectivity index (χ1v) is 5.10. The van der Waals surface area contributed by atoms with Crippen LogP contribution in [-0.2, 0) is 12.8 Å². The quantitative estimate of drug-likeness (QED) is 0.590. The predicted octanol–water partition coefficient (Wildman–Crippen LogP) is 2.60. The van der Waals surface area contributed by atoms with Gasteiger partial charge in [0.05, 0.1) is 0 Å². The number of aryl methyl sites for hydroxylation is 1. The van der Waals surface area contributed by atoms with Crippen molar-refractivity contribution >= 4 is 17.0 Å². The van der Waals surface area contributed by atoms with Crippen molar-refractivity contribution in [2.24, 2.45) is 0 Å². The van der Waals surface area contributed by atoms with Crippen molar-refractivity contribution in [3.05, 3.63) is 15.8 Å². The van der Waals surface area contributed by atoms with Gasteiger partial charge in [-0.05, 0) is 31.2 Å². The third kappa shape index (κ3) is 1.27. The van der Waals surface area contributed by atoms with Crippen molar-refractivity contribution in [2.45, 2.75) is 32.1 Å². The summed E-state index contributed by atoms with van der Waals surface area (Å²) in [5, 5.41) is 2.09. The summed E-state index contributed by atoms with van der Waals surface area (Å²) in [6, 6.07) is 0. The van der Waals surface area contributed by atoms with E-state index in [4.69, 9.17) is 5.73 Å². The highest BCUT2D eigenvalue weighted by molar-refractivity contribution is 7.10. The molecule has 1 heterocycles. The fourth-order valence-corrected chi connectivity index (χ4v) is 2.73. The molecular weight excluding hydrogens is 154 g/mol. The summed E-state index contributed by atoms with van der Waals surface area (Å²) in [5.74, 6) is 0. The van der Waals surface area contributed by atoms with Crippen molar-refractivity contribution in [1.82, 2.24) is 0 Å². The highest BCUT2D eigenvalue weighted by atomic mass is 32.1. The van der Waals surface area contributed by atoms with E-state index in [2.05, 4.69) is 5.38 Å². The molecule has 0 amide bonds. The summed E-state index contributed by atoms with van der Waals surface area (Å²) in [5.41, 5.74) is 8.33. The molecule has 0 atom stereocenters. The molecule has 0 fully saturated rings. The zero-order valence-electron chi connectivity index (χ0n) is 6.60. The third-order valence-corrected chi connectivity index (χ3v) is 3.45. The summed E-state index contributed by atoms with van der Waals surface area (Å²) < 4.78 is 0. The van der Waals surface area contributed by atoms with Crippen LogP contribution < -0.4 is 5.73 Å². The molecule has 1 aromatic rings. The van der Waals surface area contributed by atoms with Crippen LogP contribution in [0, 0.1) is 0 Å². The molecule has 0 unspecified atom stereocenters. The topological polar surface area (TPSA) is 26.0 Å². The Bertz CT molecular complexity index is 252. The van der Waals surface area contributed by atoms with E-state index in [0.29, 0.717) is 0 Å². The van der Waals surface area contributed by atoms with E-state index in [1.165, 1.54) is 37.7 Å².